The Labute approximate surface area is 92.1 Å². The van der Waals surface area contributed by atoms with E-state index in [0.29, 0.717) is 0 Å². The molecule has 80 valence electrons. The van der Waals surface area contributed by atoms with Gasteiger partial charge in [0.05, 0.1) is 5.56 Å². The van der Waals surface area contributed by atoms with Crippen molar-refractivity contribution in [3.63, 3.8) is 0 Å². The third-order valence-corrected chi connectivity index (χ3v) is 2.06. The predicted molar refractivity (Wildman–Crippen MR) is 56.7 cm³/mol. The zero-order valence-electron chi connectivity index (χ0n) is 8.43. The van der Waals surface area contributed by atoms with Crippen molar-refractivity contribution < 1.29 is 13.9 Å². The van der Waals surface area contributed by atoms with Crippen molar-refractivity contribution in [2.75, 3.05) is 5.43 Å². The first-order valence-corrected chi connectivity index (χ1v) is 4.79. The van der Waals surface area contributed by atoms with Crippen LogP contribution < -0.4 is 10.1 Å². The van der Waals surface area contributed by atoms with E-state index < -0.39 is 11.7 Å². The number of rotatable bonds is 2. The van der Waals surface area contributed by atoms with Gasteiger partial charge in [0, 0.05) is 12.1 Å². The highest BCUT2D eigenvalue weighted by Crippen LogP contribution is 2.05. The Morgan fingerprint density at radius 3 is 2.44 bits per heavy atom. The summed E-state index contributed by atoms with van der Waals surface area (Å²) < 4.78 is 14.7. The summed E-state index contributed by atoms with van der Waals surface area (Å²) in [6.45, 7) is 0. The fraction of sp³-hybridized carbons (Fsp3) is 0. The molecule has 1 aromatic carbocycles. The Morgan fingerprint density at radius 2 is 1.75 bits per heavy atom. The molecule has 0 aliphatic rings. The lowest BCUT2D eigenvalue weighted by molar-refractivity contribution is -0.641. The highest BCUT2D eigenvalue weighted by Gasteiger charge is 2.13. The predicted octanol–water partition coefficient (Wildman–Crippen LogP) is 1.50. The Hall–Kier alpha value is -2.23. The quantitative estimate of drug-likeness (QED) is 0.760. The summed E-state index contributed by atoms with van der Waals surface area (Å²) in [5.74, 6) is -1.01. The second-order valence-electron chi connectivity index (χ2n) is 3.20. The molecule has 0 fully saturated rings. The maximum absolute atomic E-state index is 13.3. The number of pyridine rings is 1. The minimum atomic E-state index is -0.531. The number of halogens is 1. The summed E-state index contributed by atoms with van der Waals surface area (Å²) in [5, 5.41) is 0. The fourth-order valence-electron chi connectivity index (χ4n) is 1.30. The number of nitrogens with zero attached hydrogens (tertiary/aromatic N) is 1. The van der Waals surface area contributed by atoms with Crippen LogP contribution in [0.5, 0.6) is 0 Å². The van der Waals surface area contributed by atoms with Gasteiger partial charge in [-0.3, -0.25) is 4.79 Å². The summed E-state index contributed by atoms with van der Waals surface area (Å²) in [6.07, 6.45) is 3.33. The standard InChI is InChI=1S/C12H9FN2O/c13-11-7-3-2-6-10(11)12(16)14-15-8-4-1-5-9-15/h1-9H/p+1. The monoisotopic (exact) mass is 217 g/mol. The highest BCUT2D eigenvalue weighted by molar-refractivity contribution is 5.98. The minimum Gasteiger partial charge on any atom is -0.263 e. The summed E-state index contributed by atoms with van der Waals surface area (Å²) in [7, 11) is 0. The maximum Gasteiger partial charge on any atom is 0.308 e. The van der Waals surface area contributed by atoms with E-state index >= 15 is 0 Å². The number of hydrogen-bond donors (Lipinski definition) is 1. The average Bonchev–Trinajstić information content (AvgIpc) is 2.31. The molecule has 4 heteroatoms. The molecule has 0 aliphatic heterocycles. The molecule has 0 aliphatic carbocycles. The van der Waals surface area contributed by atoms with Crippen LogP contribution in [0.3, 0.4) is 0 Å². The smallest absolute Gasteiger partial charge is 0.263 e. The molecule has 2 rings (SSSR count). The number of carbonyl (C=O) groups is 1. The van der Waals surface area contributed by atoms with Gasteiger partial charge in [-0.2, -0.15) is 0 Å². The van der Waals surface area contributed by atoms with E-state index in [1.54, 1.807) is 36.7 Å². The van der Waals surface area contributed by atoms with Crippen molar-refractivity contribution in [1.82, 2.24) is 0 Å². The van der Waals surface area contributed by atoms with Gasteiger partial charge in [0.25, 0.3) is 0 Å². The number of carbonyl (C=O) groups excluding carboxylic acids is 1. The molecular weight excluding hydrogens is 207 g/mol. The molecule has 0 saturated carbocycles. The van der Waals surface area contributed by atoms with Crippen molar-refractivity contribution in [3.8, 4) is 0 Å². The summed E-state index contributed by atoms with van der Waals surface area (Å²) in [4.78, 5) is 11.7. The van der Waals surface area contributed by atoms with Crippen LogP contribution in [-0.4, -0.2) is 5.91 Å². The lowest BCUT2D eigenvalue weighted by atomic mass is 10.2. The van der Waals surface area contributed by atoms with Crippen molar-refractivity contribution in [3.05, 3.63) is 66.2 Å². The molecule has 1 N–H and O–H groups in total. The van der Waals surface area contributed by atoms with Crippen LogP contribution in [0.1, 0.15) is 10.4 Å². The molecule has 16 heavy (non-hydrogen) atoms. The molecule has 1 heterocycles. The normalized spacial score (nSPS) is 9.81. The molecule has 0 bridgehead atoms. The van der Waals surface area contributed by atoms with Crippen LogP contribution in [0.2, 0.25) is 0 Å². The molecule has 2 aromatic rings. The van der Waals surface area contributed by atoms with Crippen LogP contribution in [0.15, 0.2) is 54.9 Å². The number of hydrogen-bond acceptors (Lipinski definition) is 1. The Bertz CT molecular complexity index is 499. The Morgan fingerprint density at radius 1 is 1.06 bits per heavy atom. The van der Waals surface area contributed by atoms with Crippen molar-refractivity contribution >= 4 is 5.91 Å². The van der Waals surface area contributed by atoms with E-state index in [1.807, 2.05) is 6.07 Å². The van der Waals surface area contributed by atoms with Crippen LogP contribution in [0, 0.1) is 5.82 Å². The molecular formula is C12H10FN2O+. The highest BCUT2D eigenvalue weighted by atomic mass is 19.1. The lowest BCUT2D eigenvalue weighted by Crippen LogP contribution is -2.47. The van der Waals surface area contributed by atoms with Crippen molar-refractivity contribution in [2.45, 2.75) is 0 Å². The van der Waals surface area contributed by atoms with Gasteiger partial charge < -0.3 is 0 Å². The number of nitrogens with one attached hydrogen (secondary N) is 1. The molecule has 3 nitrogen and oxygen atoms in total. The lowest BCUT2D eigenvalue weighted by Gasteiger charge is -2.00. The number of benzene rings is 1. The van der Waals surface area contributed by atoms with Gasteiger partial charge in [0.15, 0.2) is 12.4 Å². The van der Waals surface area contributed by atoms with Crippen molar-refractivity contribution in [1.29, 1.82) is 0 Å². The van der Waals surface area contributed by atoms with E-state index in [2.05, 4.69) is 5.43 Å². The molecule has 0 atom stereocenters. The summed E-state index contributed by atoms with van der Waals surface area (Å²) in [6, 6.07) is 11.2. The average molecular weight is 217 g/mol. The summed E-state index contributed by atoms with van der Waals surface area (Å²) >= 11 is 0. The third kappa shape index (κ3) is 2.23. The van der Waals surface area contributed by atoms with Gasteiger partial charge >= 0.3 is 5.91 Å². The third-order valence-electron chi connectivity index (χ3n) is 2.06. The molecule has 1 aromatic heterocycles. The fourth-order valence-corrected chi connectivity index (χ4v) is 1.30. The van der Waals surface area contributed by atoms with Gasteiger partial charge in [0.1, 0.15) is 5.82 Å². The van der Waals surface area contributed by atoms with Gasteiger partial charge in [-0.25, -0.2) is 4.39 Å². The Kier molecular flexibility index (Phi) is 2.91. The van der Waals surface area contributed by atoms with E-state index in [1.165, 1.54) is 16.8 Å². The van der Waals surface area contributed by atoms with Crippen LogP contribution in [-0.2, 0) is 0 Å². The van der Waals surface area contributed by atoms with Gasteiger partial charge in [-0.05, 0) is 12.1 Å². The zero-order chi connectivity index (χ0) is 11.4. The number of amides is 1. The molecule has 0 unspecified atom stereocenters. The minimum absolute atomic E-state index is 0.0267. The van der Waals surface area contributed by atoms with Crippen molar-refractivity contribution in [2.24, 2.45) is 0 Å². The van der Waals surface area contributed by atoms with Gasteiger partial charge in [-0.15, -0.1) is 5.43 Å². The molecule has 0 radical (unpaired) electrons. The van der Waals surface area contributed by atoms with E-state index in [4.69, 9.17) is 0 Å². The maximum atomic E-state index is 13.3. The van der Waals surface area contributed by atoms with Crippen LogP contribution >= 0.6 is 0 Å². The second-order valence-corrected chi connectivity index (χ2v) is 3.20. The van der Waals surface area contributed by atoms with E-state index in [-0.39, 0.29) is 5.56 Å². The molecule has 0 saturated heterocycles. The summed E-state index contributed by atoms with van der Waals surface area (Å²) in [5.41, 5.74) is 2.56. The first-order chi connectivity index (χ1) is 7.77. The SMILES string of the molecule is O=C(N[n+]1ccccc1)c1ccccc1F. The van der Waals surface area contributed by atoms with E-state index in [9.17, 15) is 9.18 Å². The van der Waals surface area contributed by atoms with Crippen LogP contribution in [0.25, 0.3) is 0 Å². The molecule has 1 amide bonds. The van der Waals surface area contributed by atoms with Gasteiger partial charge in [-0.1, -0.05) is 22.9 Å². The first kappa shape index (κ1) is 10.3. The number of aromatic nitrogens is 1. The van der Waals surface area contributed by atoms with Gasteiger partial charge in [0.2, 0.25) is 0 Å². The Balaban J connectivity index is 2.19. The topological polar surface area (TPSA) is 33.0 Å². The van der Waals surface area contributed by atoms with Crippen LogP contribution in [0.4, 0.5) is 4.39 Å². The zero-order valence-corrected chi connectivity index (χ0v) is 8.43. The second kappa shape index (κ2) is 4.53. The molecule has 0 spiro atoms. The first-order valence-electron chi connectivity index (χ1n) is 4.79. The van der Waals surface area contributed by atoms with E-state index in [0.717, 1.165) is 0 Å². The largest absolute Gasteiger partial charge is 0.308 e.